The third-order valence-corrected chi connectivity index (χ3v) is 7.68. The zero-order chi connectivity index (χ0) is 32.1. The lowest BCUT2D eigenvalue weighted by Crippen LogP contribution is -2.47. The Balaban J connectivity index is 1.35. The third kappa shape index (κ3) is 8.35. The summed E-state index contributed by atoms with van der Waals surface area (Å²) in [7, 11) is 0. The zero-order valence-corrected chi connectivity index (χ0v) is 26.2. The molecule has 2 N–H and O–H groups in total. The summed E-state index contributed by atoms with van der Waals surface area (Å²) in [5.41, 5.74) is 2.01. The van der Waals surface area contributed by atoms with Gasteiger partial charge in [0.05, 0.1) is 12.6 Å². The third-order valence-electron chi connectivity index (χ3n) is 7.44. The Hall–Kier alpha value is -4.53. The normalized spacial score (nSPS) is 15.0. The van der Waals surface area contributed by atoms with Crippen molar-refractivity contribution in [1.82, 2.24) is 4.90 Å². The Morgan fingerprint density at radius 2 is 1.62 bits per heavy atom. The van der Waals surface area contributed by atoms with Gasteiger partial charge in [0.2, 0.25) is 0 Å². The summed E-state index contributed by atoms with van der Waals surface area (Å²) < 4.78 is 17.6. The smallest absolute Gasteiger partial charge is 0.410 e. The first-order chi connectivity index (χ1) is 21.4. The van der Waals surface area contributed by atoms with Crippen LogP contribution in [0.4, 0.5) is 4.79 Å². The van der Waals surface area contributed by atoms with Crippen LogP contribution in [0.5, 0.6) is 23.0 Å². The molecule has 0 aliphatic heterocycles. The minimum Gasteiger partial charge on any atom is -0.478 e. The number of aliphatic hydroxyl groups is 1. The fourth-order valence-corrected chi connectivity index (χ4v) is 5.52. The van der Waals surface area contributed by atoms with E-state index in [1.54, 1.807) is 53.4 Å². The molecule has 4 aromatic rings. The van der Waals surface area contributed by atoms with Crippen molar-refractivity contribution in [2.45, 2.75) is 57.8 Å². The maximum Gasteiger partial charge on any atom is 0.410 e. The van der Waals surface area contributed by atoms with E-state index in [0.717, 1.165) is 17.5 Å². The molecule has 0 bridgehead atoms. The van der Waals surface area contributed by atoms with Crippen molar-refractivity contribution < 1.29 is 34.0 Å². The molecule has 0 saturated heterocycles. The topological polar surface area (TPSA) is 106 Å². The van der Waals surface area contributed by atoms with E-state index in [2.05, 4.69) is 0 Å². The van der Waals surface area contributed by atoms with Gasteiger partial charge < -0.3 is 29.3 Å². The molecule has 0 aromatic heterocycles. The van der Waals surface area contributed by atoms with Crippen LogP contribution in [0.15, 0.2) is 91.0 Å². The average molecular weight is 630 g/mol. The number of carboxylic acid groups (broad SMARTS) is 1. The summed E-state index contributed by atoms with van der Waals surface area (Å²) in [6.45, 7) is 5.48. The molecule has 5 rings (SSSR count). The van der Waals surface area contributed by atoms with Gasteiger partial charge in [0.15, 0.2) is 0 Å². The highest BCUT2D eigenvalue weighted by atomic mass is 35.5. The highest BCUT2D eigenvalue weighted by Crippen LogP contribution is 2.34. The lowest BCUT2D eigenvalue weighted by atomic mass is 9.87. The van der Waals surface area contributed by atoms with Crippen LogP contribution in [0.1, 0.15) is 60.3 Å². The molecule has 1 aliphatic carbocycles. The monoisotopic (exact) mass is 629 g/mol. The molecule has 45 heavy (non-hydrogen) atoms. The van der Waals surface area contributed by atoms with E-state index in [9.17, 15) is 19.8 Å². The second-order valence-electron chi connectivity index (χ2n) is 12.0. The summed E-state index contributed by atoms with van der Waals surface area (Å²) in [5, 5.41) is 21.4. The number of hydrogen-bond acceptors (Lipinski definition) is 6. The highest BCUT2D eigenvalue weighted by Gasteiger charge is 2.33. The second-order valence-corrected chi connectivity index (χ2v) is 12.4. The van der Waals surface area contributed by atoms with Gasteiger partial charge in [0, 0.05) is 11.1 Å². The average Bonchev–Trinajstić information content (AvgIpc) is 2.99. The predicted molar refractivity (Wildman–Crippen MR) is 172 cm³/mol. The largest absolute Gasteiger partial charge is 0.478 e. The molecule has 0 spiro atoms. The van der Waals surface area contributed by atoms with Crippen LogP contribution in [-0.4, -0.2) is 45.4 Å². The first-order valence-electron chi connectivity index (χ1n) is 14.8. The second kappa shape index (κ2) is 13.6. The number of benzene rings is 4. The van der Waals surface area contributed by atoms with Crippen LogP contribution >= 0.6 is 11.6 Å². The maximum atomic E-state index is 13.4. The Morgan fingerprint density at radius 1 is 0.889 bits per heavy atom. The predicted octanol–water partition coefficient (Wildman–Crippen LogP) is 8.45. The van der Waals surface area contributed by atoms with E-state index >= 15 is 0 Å². The van der Waals surface area contributed by atoms with E-state index in [1.807, 2.05) is 57.2 Å². The van der Waals surface area contributed by atoms with Crippen LogP contribution in [0, 0.1) is 0 Å². The highest BCUT2D eigenvalue weighted by molar-refractivity contribution is 6.30. The molecule has 0 radical (unpaired) electrons. The van der Waals surface area contributed by atoms with Gasteiger partial charge in [0.1, 0.15) is 34.2 Å². The number of aromatic carboxylic acids is 1. The van der Waals surface area contributed by atoms with Crippen molar-refractivity contribution in [3.63, 3.8) is 0 Å². The SMILES string of the molecule is CC(C)(C)OC(=O)N(C[C@@H](O)c1cccc(Cl)c1)[C@H]1CCc2ccc(Oc3ccc(Oc4ccccc4)c(C(=O)O)c3)cc2C1. The fourth-order valence-electron chi connectivity index (χ4n) is 5.32. The number of carbonyl (C=O) groups is 2. The number of aliphatic hydroxyl groups excluding tert-OH is 1. The van der Waals surface area contributed by atoms with Crippen molar-refractivity contribution in [2.75, 3.05) is 6.54 Å². The number of amides is 1. The first-order valence-corrected chi connectivity index (χ1v) is 15.2. The molecule has 0 unspecified atom stereocenters. The molecular weight excluding hydrogens is 594 g/mol. The molecular formula is C36H36ClNO7. The Labute approximate surface area is 267 Å². The molecule has 234 valence electrons. The number of carbonyl (C=O) groups excluding carboxylic acids is 1. The van der Waals surface area contributed by atoms with Crippen LogP contribution in [0.25, 0.3) is 0 Å². The number of carboxylic acids is 1. The van der Waals surface area contributed by atoms with Crippen LogP contribution < -0.4 is 9.47 Å². The van der Waals surface area contributed by atoms with Crippen molar-refractivity contribution in [1.29, 1.82) is 0 Å². The number of rotatable bonds is 9. The fraction of sp³-hybridized carbons (Fsp3) is 0.278. The van der Waals surface area contributed by atoms with Gasteiger partial charge in [-0.3, -0.25) is 0 Å². The summed E-state index contributed by atoms with van der Waals surface area (Å²) >= 11 is 6.15. The van der Waals surface area contributed by atoms with Crippen LogP contribution in [-0.2, 0) is 17.6 Å². The molecule has 1 aliphatic rings. The molecule has 2 atom stereocenters. The van der Waals surface area contributed by atoms with Crippen LogP contribution in [0.2, 0.25) is 5.02 Å². The van der Waals surface area contributed by atoms with Gasteiger partial charge in [-0.25, -0.2) is 9.59 Å². The van der Waals surface area contributed by atoms with Gasteiger partial charge in [0.25, 0.3) is 0 Å². The Morgan fingerprint density at radius 3 is 2.33 bits per heavy atom. The number of halogens is 1. The molecule has 0 fully saturated rings. The van der Waals surface area contributed by atoms with E-state index in [-0.39, 0.29) is 23.9 Å². The van der Waals surface area contributed by atoms with E-state index in [1.165, 1.54) is 6.07 Å². The molecule has 9 heteroatoms. The van der Waals surface area contributed by atoms with Gasteiger partial charge >= 0.3 is 12.1 Å². The van der Waals surface area contributed by atoms with E-state index < -0.39 is 23.8 Å². The molecule has 0 saturated carbocycles. The van der Waals surface area contributed by atoms with E-state index in [0.29, 0.717) is 40.7 Å². The quantitative estimate of drug-likeness (QED) is 0.191. The maximum absolute atomic E-state index is 13.4. The number of para-hydroxylation sites is 1. The standard InChI is InChI=1S/C36H36ClNO7/c1-36(2,3)45-35(42)38(22-32(39)24-8-7-9-26(37)18-24)27-14-12-23-13-15-29(20-25(23)19-27)43-30-16-17-33(31(21-30)34(40)41)44-28-10-5-4-6-11-28/h4-11,13,15-18,20-21,27,32,39H,12,14,19,22H2,1-3H3,(H,40,41)/t27-,32+/m0/s1. The Kier molecular flexibility index (Phi) is 9.65. The van der Waals surface area contributed by atoms with E-state index in [4.69, 9.17) is 25.8 Å². The number of nitrogens with zero attached hydrogens (tertiary/aromatic N) is 1. The first kappa shape index (κ1) is 31.9. The minimum atomic E-state index is -1.14. The number of hydrogen-bond donors (Lipinski definition) is 2. The Bertz CT molecular complexity index is 1670. The minimum absolute atomic E-state index is 0.0272. The van der Waals surface area contributed by atoms with Gasteiger partial charge in [-0.2, -0.15) is 0 Å². The summed E-state index contributed by atoms with van der Waals surface area (Å²) in [6, 6.07) is 26.1. The molecule has 1 amide bonds. The molecule has 4 aromatic carbocycles. The summed E-state index contributed by atoms with van der Waals surface area (Å²) in [6.07, 6.45) is 0.493. The zero-order valence-electron chi connectivity index (χ0n) is 25.4. The van der Waals surface area contributed by atoms with Crippen LogP contribution in [0.3, 0.4) is 0 Å². The van der Waals surface area contributed by atoms with Crippen molar-refractivity contribution >= 4 is 23.7 Å². The lowest BCUT2D eigenvalue weighted by molar-refractivity contribution is 0.00194. The number of ether oxygens (including phenoxy) is 3. The van der Waals surface area contributed by atoms with Crippen molar-refractivity contribution in [3.8, 4) is 23.0 Å². The number of aryl methyl sites for hydroxylation is 1. The van der Waals surface area contributed by atoms with Gasteiger partial charge in [-0.15, -0.1) is 0 Å². The van der Waals surface area contributed by atoms with Crippen molar-refractivity contribution in [3.05, 3.63) is 118 Å². The molecule has 0 heterocycles. The lowest BCUT2D eigenvalue weighted by Gasteiger charge is -2.37. The summed E-state index contributed by atoms with van der Waals surface area (Å²) in [5.74, 6) is 0.474. The summed E-state index contributed by atoms with van der Waals surface area (Å²) in [4.78, 5) is 27.1. The van der Waals surface area contributed by atoms with Gasteiger partial charge in [-0.05, 0) is 111 Å². The van der Waals surface area contributed by atoms with Crippen molar-refractivity contribution in [2.24, 2.45) is 0 Å². The molecule has 8 nitrogen and oxygen atoms in total. The number of fused-ring (bicyclic) bond motifs is 1. The van der Waals surface area contributed by atoms with Gasteiger partial charge in [-0.1, -0.05) is 48.0 Å².